The summed E-state index contributed by atoms with van der Waals surface area (Å²) in [6.07, 6.45) is 3.80. The van der Waals surface area contributed by atoms with Crippen LogP contribution in [-0.4, -0.2) is 64.3 Å². The van der Waals surface area contributed by atoms with Crippen LogP contribution in [0.5, 0.6) is 0 Å². The fourth-order valence-electron chi connectivity index (χ4n) is 3.59. The van der Waals surface area contributed by atoms with E-state index in [1.165, 1.54) is 0 Å². The monoisotopic (exact) mass is 357 g/mol. The topological polar surface area (TPSA) is 56.4 Å². The van der Waals surface area contributed by atoms with E-state index in [0.29, 0.717) is 0 Å². The number of hydrogen-bond acceptors (Lipinski definition) is 4. The number of aromatic nitrogens is 2. The highest BCUT2D eigenvalue weighted by Gasteiger charge is 2.40. The van der Waals surface area contributed by atoms with E-state index in [1.54, 1.807) is 0 Å². The van der Waals surface area contributed by atoms with Crippen LogP contribution in [-0.2, 0) is 4.74 Å². The largest absolute Gasteiger partial charge is 0.379 e. The van der Waals surface area contributed by atoms with E-state index < -0.39 is 0 Å². The van der Waals surface area contributed by atoms with Crippen LogP contribution < -0.4 is 5.32 Å². The van der Waals surface area contributed by atoms with Gasteiger partial charge in [0.2, 0.25) is 0 Å². The predicted octanol–water partition coefficient (Wildman–Crippen LogP) is 1.71. The average molecular weight is 357 g/mol. The van der Waals surface area contributed by atoms with Gasteiger partial charge in [0, 0.05) is 44.3 Å². The third-order valence-electron chi connectivity index (χ3n) is 4.90. The first-order valence-electron chi connectivity index (χ1n) is 8.74. The van der Waals surface area contributed by atoms with Gasteiger partial charge in [-0.2, -0.15) is 0 Å². The normalized spacial score (nSPS) is 24.5. The highest BCUT2D eigenvalue weighted by molar-refractivity contribution is 7.80. The van der Waals surface area contributed by atoms with E-state index in [2.05, 4.69) is 37.2 Å². The molecular formula is C18H23N5OS. The van der Waals surface area contributed by atoms with Gasteiger partial charge in [-0.25, -0.2) is 0 Å². The number of hydrogen-bond donors (Lipinski definition) is 2. The smallest absolute Gasteiger partial charge is 0.170 e. The Labute approximate surface area is 153 Å². The molecule has 0 bridgehead atoms. The van der Waals surface area contributed by atoms with Gasteiger partial charge in [0.1, 0.15) is 0 Å². The third kappa shape index (κ3) is 3.53. The number of rotatable bonds is 5. The SMILES string of the molecule is S=C1N[C@@H](c2ccccn2)[C@H](c2ccc[nH]2)N1CCN1CCOCC1. The maximum absolute atomic E-state index is 5.67. The molecule has 0 radical (unpaired) electrons. The summed E-state index contributed by atoms with van der Waals surface area (Å²) >= 11 is 5.67. The molecule has 132 valence electrons. The Bertz CT molecular complexity index is 687. The molecule has 0 unspecified atom stereocenters. The number of aromatic amines is 1. The summed E-state index contributed by atoms with van der Waals surface area (Å²) in [7, 11) is 0. The summed E-state index contributed by atoms with van der Waals surface area (Å²) in [6, 6.07) is 10.4. The van der Waals surface area contributed by atoms with Gasteiger partial charge in [0.15, 0.2) is 5.11 Å². The van der Waals surface area contributed by atoms with Gasteiger partial charge in [-0.05, 0) is 36.5 Å². The van der Waals surface area contributed by atoms with Crippen molar-refractivity contribution < 1.29 is 4.74 Å². The molecule has 2 N–H and O–H groups in total. The molecule has 25 heavy (non-hydrogen) atoms. The minimum absolute atomic E-state index is 0.0528. The van der Waals surface area contributed by atoms with Gasteiger partial charge in [-0.1, -0.05) is 6.07 Å². The molecule has 2 atom stereocenters. The number of nitrogens with zero attached hydrogens (tertiary/aromatic N) is 3. The molecule has 2 aromatic rings. The summed E-state index contributed by atoms with van der Waals surface area (Å²) in [4.78, 5) is 12.6. The summed E-state index contributed by atoms with van der Waals surface area (Å²) in [5, 5.41) is 4.27. The summed E-state index contributed by atoms with van der Waals surface area (Å²) < 4.78 is 5.44. The van der Waals surface area contributed by atoms with Crippen molar-refractivity contribution in [3.63, 3.8) is 0 Å². The van der Waals surface area contributed by atoms with Crippen LogP contribution in [0.1, 0.15) is 23.5 Å². The van der Waals surface area contributed by atoms with Crippen molar-refractivity contribution in [2.45, 2.75) is 12.1 Å². The second-order valence-corrected chi connectivity index (χ2v) is 6.79. The Morgan fingerprint density at radius 3 is 2.76 bits per heavy atom. The molecule has 2 aliphatic heterocycles. The number of ether oxygens (including phenoxy) is 1. The first kappa shape index (κ1) is 16.5. The van der Waals surface area contributed by atoms with Crippen molar-refractivity contribution >= 4 is 17.3 Å². The second kappa shape index (κ2) is 7.51. The third-order valence-corrected chi connectivity index (χ3v) is 5.25. The van der Waals surface area contributed by atoms with E-state index in [9.17, 15) is 0 Å². The first-order chi connectivity index (χ1) is 12.3. The molecule has 2 aliphatic rings. The maximum Gasteiger partial charge on any atom is 0.170 e. The van der Waals surface area contributed by atoms with Crippen molar-refractivity contribution in [2.75, 3.05) is 39.4 Å². The summed E-state index contributed by atoms with van der Waals surface area (Å²) in [6.45, 7) is 5.49. The van der Waals surface area contributed by atoms with Crippen LogP contribution in [0, 0.1) is 0 Å². The van der Waals surface area contributed by atoms with Gasteiger partial charge in [0.25, 0.3) is 0 Å². The number of thiocarbonyl (C=S) groups is 1. The molecule has 2 aromatic heterocycles. The Hall–Kier alpha value is -1.96. The predicted molar refractivity (Wildman–Crippen MR) is 100 cm³/mol. The zero-order valence-electron chi connectivity index (χ0n) is 14.1. The molecule has 2 saturated heterocycles. The number of morpholine rings is 1. The lowest BCUT2D eigenvalue weighted by atomic mass is 10.0. The second-order valence-electron chi connectivity index (χ2n) is 6.40. The summed E-state index contributed by atoms with van der Waals surface area (Å²) in [5.41, 5.74) is 2.17. The van der Waals surface area contributed by atoms with Crippen LogP contribution in [0.25, 0.3) is 0 Å². The molecular weight excluding hydrogens is 334 g/mol. The van der Waals surface area contributed by atoms with E-state index in [4.69, 9.17) is 17.0 Å². The molecule has 0 amide bonds. The van der Waals surface area contributed by atoms with Gasteiger partial charge in [-0.3, -0.25) is 9.88 Å². The van der Waals surface area contributed by atoms with Crippen LogP contribution in [0.4, 0.5) is 0 Å². The average Bonchev–Trinajstić information content (AvgIpc) is 3.29. The summed E-state index contributed by atoms with van der Waals surface area (Å²) in [5.74, 6) is 0. The van der Waals surface area contributed by atoms with Crippen LogP contribution in [0.3, 0.4) is 0 Å². The quantitative estimate of drug-likeness (QED) is 0.795. The number of H-pyrrole nitrogens is 1. The molecule has 4 rings (SSSR count). The first-order valence-corrected chi connectivity index (χ1v) is 9.15. The highest BCUT2D eigenvalue weighted by Crippen LogP contribution is 2.37. The van der Waals surface area contributed by atoms with Crippen molar-refractivity contribution in [3.8, 4) is 0 Å². The van der Waals surface area contributed by atoms with E-state index in [1.807, 2.05) is 30.6 Å². The fourth-order valence-corrected chi connectivity index (χ4v) is 3.92. The molecule has 4 heterocycles. The van der Waals surface area contributed by atoms with Crippen molar-refractivity contribution in [2.24, 2.45) is 0 Å². The molecule has 6 nitrogen and oxygen atoms in total. The Balaban J connectivity index is 1.55. The van der Waals surface area contributed by atoms with E-state index >= 15 is 0 Å². The van der Waals surface area contributed by atoms with Gasteiger partial charge >= 0.3 is 0 Å². The van der Waals surface area contributed by atoms with Crippen LogP contribution in [0.2, 0.25) is 0 Å². The zero-order valence-corrected chi connectivity index (χ0v) is 14.9. The molecule has 0 aromatic carbocycles. The lowest BCUT2D eigenvalue weighted by Gasteiger charge is -2.31. The Kier molecular flexibility index (Phi) is 4.96. The van der Waals surface area contributed by atoms with Crippen molar-refractivity contribution in [1.29, 1.82) is 0 Å². The zero-order chi connectivity index (χ0) is 17.1. The van der Waals surface area contributed by atoms with Gasteiger partial charge in [-0.15, -0.1) is 0 Å². The molecule has 0 saturated carbocycles. The number of pyridine rings is 1. The van der Waals surface area contributed by atoms with Crippen LogP contribution in [0.15, 0.2) is 42.7 Å². The van der Waals surface area contributed by atoms with Gasteiger partial charge < -0.3 is 19.9 Å². The van der Waals surface area contributed by atoms with E-state index in [-0.39, 0.29) is 12.1 Å². The standard InChI is InChI=1S/C18H23N5OS/c25-18-21-16(14-4-1-2-6-19-14)17(15-5-3-7-20-15)23(18)9-8-22-10-12-24-13-11-22/h1-7,16-17,20H,8-13H2,(H,21,25)/t16-,17-/m0/s1. The van der Waals surface area contributed by atoms with Crippen LogP contribution >= 0.6 is 12.2 Å². The molecule has 7 heteroatoms. The molecule has 2 fully saturated rings. The van der Waals surface area contributed by atoms with E-state index in [0.717, 1.165) is 55.9 Å². The lowest BCUT2D eigenvalue weighted by Crippen LogP contribution is -2.42. The Morgan fingerprint density at radius 1 is 1.16 bits per heavy atom. The minimum atomic E-state index is 0.0528. The molecule has 0 spiro atoms. The van der Waals surface area contributed by atoms with Crippen molar-refractivity contribution in [1.82, 2.24) is 25.1 Å². The molecule has 0 aliphatic carbocycles. The highest BCUT2D eigenvalue weighted by atomic mass is 32.1. The lowest BCUT2D eigenvalue weighted by molar-refractivity contribution is 0.0350. The maximum atomic E-state index is 5.67. The van der Waals surface area contributed by atoms with Crippen molar-refractivity contribution in [3.05, 3.63) is 54.1 Å². The Morgan fingerprint density at radius 2 is 2.04 bits per heavy atom. The minimum Gasteiger partial charge on any atom is -0.379 e. The fraction of sp³-hybridized carbons (Fsp3) is 0.444. The number of nitrogens with one attached hydrogen (secondary N) is 2. The van der Waals surface area contributed by atoms with Gasteiger partial charge in [0.05, 0.1) is 31.0 Å².